The van der Waals surface area contributed by atoms with Gasteiger partial charge in [-0.25, -0.2) is 24.9 Å². The third kappa shape index (κ3) is 3.14. The Morgan fingerprint density at radius 1 is 1.11 bits per heavy atom. The molecule has 4 heterocycles. The van der Waals surface area contributed by atoms with E-state index in [4.69, 9.17) is 0 Å². The lowest BCUT2D eigenvalue weighted by atomic mass is 10.2. The monoisotopic (exact) mass is 367 g/mol. The molecule has 27 heavy (non-hydrogen) atoms. The maximum atomic E-state index is 12.9. The summed E-state index contributed by atoms with van der Waals surface area (Å²) in [5.41, 5.74) is 2.70. The van der Waals surface area contributed by atoms with Crippen LogP contribution >= 0.6 is 0 Å². The van der Waals surface area contributed by atoms with Crippen LogP contribution < -0.4 is 9.80 Å². The van der Waals surface area contributed by atoms with Gasteiger partial charge in [0, 0.05) is 46.5 Å². The van der Waals surface area contributed by atoms with Gasteiger partial charge in [0.15, 0.2) is 11.5 Å². The number of amides is 1. The van der Waals surface area contributed by atoms with E-state index in [-0.39, 0.29) is 5.91 Å². The van der Waals surface area contributed by atoms with Gasteiger partial charge in [-0.15, -0.1) is 0 Å². The van der Waals surface area contributed by atoms with Gasteiger partial charge in [-0.3, -0.25) is 4.79 Å². The molecule has 1 saturated heterocycles. The fourth-order valence-corrected chi connectivity index (χ4v) is 3.16. The second-order valence-corrected chi connectivity index (χ2v) is 6.64. The number of hydrogen-bond donors (Lipinski definition) is 1. The smallest absolute Gasteiger partial charge is 0.257 e. The Balaban J connectivity index is 1.48. The Morgan fingerprint density at radius 2 is 1.89 bits per heavy atom. The number of piperazine rings is 1. The van der Waals surface area contributed by atoms with Crippen molar-refractivity contribution in [3.63, 3.8) is 0 Å². The van der Waals surface area contributed by atoms with Crippen LogP contribution in [0.4, 0.5) is 11.8 Å². The number of nitrogens with zero attached hydrogens (tertiary/aromatic N) is 8. The standard InChI is InChI=1S/C17H21N9O/c1-11-12(8-18-17(23-11)24(2)3)16(27)26-6-4-25(5-7-26)15-13-14(20-9-19-13)21-10-22-15/h8-10H,4-7H2,1-3H3,(H,19,20,21,22). The molecule has 3 aromatic heterocycles. The largest absolute Gasteiger partial charge is 0.351 e. The van der Waals surface area contributed by atoms with Crippen molar-refractivity contribution in [2.75, 3.05) is 50.1 Å². The van der Waals surface area contributed by atoms with Crippen LogP contribution in [0.25, 0.3) is 11.2 Å². The number of hydrogen-bond acceptors (Lipinski definition) is 8. The molecule has 140 valence electrons. The third-order valence-corrected chi connectivity index (χ3v) is 4.67. The summed E-state index contributed by atoms with van der Waals surface area (Å²) >= 11 is 0. The molecule has 0 bridgehead atoms. The molecule has 10 heteroatoms. The molecular weight excluding hydrogens is 346 g/mol. The average Bonchev–Trinajstić information content (AvgIpc) is 3.16. The predicted octanol–water partition coefficient (Wildman–Crippen LogP) is 0.480. The van der Waals surface area contributed by atoms with Crippen molar-refractivity contribution in [1.29, 1.82) is 0 Å². The van der Waals surface area contributed by atoms with E-state index >= 15 is 0 Å². The highest BCUT2D eigenvalue weighted by atomic mass is 16.2. The first-order chi connectivity index (χ1) is 13.0. The van der Waals surface area contributed by atoms with Gasteiger partial charge in [-0.1, -0.05) is 0 Å². The van der Waals surface area contributed by atoms with Crippen LogP contribution in [0.1, 0.15) is 16.1 Å². The Labute approximate surface area is 156 Å². The molecule has 0 spiro atoms. The van der Waals surface area contributed by atoms with Gasteiger partial charge in [0.2, 0.25) is 5.95 Å². The summed E-state index contributed by atoms with van der Waals surface area (Å²) in [4.78, 5) is 43.2. The molecule has 0 unspecified atom stereocenters. The summed E-state index contributed by atoms with van der Waals surface area (Å²) in [6.45, 7) is 4.42. The Kier molecular flexibility index (Phi) is 4.30. The van der Waals surface area contributed by atoms with Gasteiger partial charge in [0.25, 0.3) is 5.91 Å². The van der Waals surface area contributed by atoms with E-state index < -0.39 is 0 Å². The molecule has 1 amide bonds. The van der Waals surface area contributed by atoms with Crippen LogP contribution in [0.2, 0.25) is 0 Å². The number of rotatable bonds is 3. The van der Waals surface area contributed by atoms with Crippen molar-refractivity contribution in [3.05, 3.63) is 30.1 Å². The predicted molar refractivity (Wildman–Crippen MR) is 101 cm³/mol. The second-order valence-electron chi connectivity index (χ2n) is 6.64. The molecule has 0 atom stereocenters. The lowest BCUT2D eigenvalue weighted by molar-refractivity contribution is 0.0745. The zero-order chi connectivity index (χ0) is 19.0. The first-order valence-corrected chi connectivity index (χ1v) is 8.74. The maximum Gasteiger partial charge on any atom is 0.257 e. The van der Waals surface area contributed by atoms with Crippen LogP contribution in [0.5, 0.6) is 0 Å². The third-order valence-electron chi connectivity index (χ3n) is 4.67. The summed E-state index contributed by atoms with van der Waals surface area (Å²) in [6, 6.07) is 0. The number of aromatic nitrogens is 6. The topological polar surface area (TPSA) is 107 Å². The van der Waals surface area contributed by atoms with Gasteiger partial charge >= 0.3 is 0 Å². The molecule has 0 radical (unpaired) electrons. The van der Waals surface area contributed by atoms with Crippen molar-refractivity contribution in [2.24, 2.45) is 0 Å². The Hall–Kier alpha value is -3.30. The van der Waals surface area contributed by atoms with Gasteiger partial charge in [0.05, 0.1) is 17.6 Å². The van der Waals surface area contributed by atoms with Gasteiger partial charge in [0.1, 0.15) is 11.8 Å². The van der Waals surface area contributed by atoms with Crippen molar-refractivity contribution in [1.82, 2.24) is 34.8 Å². The number of aromatic amines is 1. The van der Waals surface area contributed by atoms with Crippen molar-refractivity contribution >= 4 is 28.8 Å². The van der Waals surface area contributed by atoms with E-state index in [2.05, 4.69) is 34.8 Å². The van der Waals surface area contributed by atoms with Crippen molar-refractivity contribution in [3.8, 4) is 0 Å². The number of aryl methyl sites for hydroxylation is 1. The fraction of sp³-hybridized carbons (Fsp3) is 0.412. The minimum Gasteiger partial charge on any atom is -0.351 e. The molecule has 0 aromatic carbocycles. The summed E-state index contributed by atoms with van der Waals surface area (Å²) < 4.78 is 0. The van der Waals surface area contributed by atoms with E-state index in [9.17, 15) is 4.79 Å². The number of nitrogens with one attached hydrogen (secondary N) is 1. The highest BCUT2D eigenvalue weighted by Crippen LogP contribution is 2.21. The second kappa shape index (κ2) is 6.78. The zero-order valence-corrected chi connectivity index (χ0v) is 15.5. The number of anilines is 2. The average molecular weight is 367 g/mol. The minimum atomic E-state index is -0.0353. The SMILES string of the molecule is Cc1nc(N(C)C)ncc1C(=O)N1CCN(c2ncnc3nc[nH]c23)CC1. The van der Waals surface area contributed by atoms with Gasteiger partial charge in [-0.05, 0) is 6.92 Å². The van der Waals surface area contributed by atoms with Gasteiger partial charge in [-0.2, -0.15) is 0 Å². The molecule has 1 aliphatic rings. The molecular formula is C17H21N9O. The lowest BCUT2D eigenvalue weighted by Gasteiger charge is -2.35. The highest BCUT2D eigenvalue weighted by Gasteiger charge is 2.26. The van der Waals surface area contributed by atoms with E-state index in [0.717, 1.165) is 11.3 Å². The van der Waals surface area contributed by atoms with Crippen molar-refractivity contribution in [2.45, 2.75) is 6.92 Å². The quantitative estimate of drug-likeness (QED) is 0.712. The zero-order valence-electron chi connectivity index (χ0n) is 15.5. The molecule has 0 aliphatic carbocycles. The molecule has 4 rings (SSSR count). The maximum absolute atomic E-state index is 12.9. The Bertz CT molecular complexity index is 975. The van der Waals surface area contributed by atoms with E-state index in [1.807, 2.05) is 30.8 Å². The van der Waals surface area contributed by atoms with Crippen LogP contribution in [-0.2, 0) is 0 Å². The van der Waals surface area contributed by atoms with E-state index in [0.29, 0.717) is 49.0 Å². The fourth-order valence-electron chi connectivity index (χ4n) is 3.16. The number of fused-ring (bicyclic) bond motifs is 1. The summed E-state index contributed by atoms with van der Waals surface area (Å²) in [7, 11) is 3.75. The Morgan fingerprint density at radius 3 is 2.59 bits per heavy atom. The number of carbonyl (C=O) groups is 1. The minimum absolute atomic E-state index is 0.0353. The van der Waals surface area contributed by atoms with E-state index in [1.165, 1.54) is 6.33 Å². The van der Waals surface area contributed by atoms with Crippen LogP contribution in [0.3, 0.4) is 0 Å². The molecule has 1 N–H and O–H groups in total. The molecule has 10 nitrogen and oxygen atoms in total. The summed E-state index contributed by atoms with van der Waals surface area (Å²) in [6.07, 6.45) is 4.75. The van der Waals surface area contributed by atoms with Crippen LogP contribution in [-0.4, -0.2) is 81.0 Å². The highest BCUT2D eigenvalue weighted by molar-refractivity contribution is 5.95. The van der Waals surface area contributed by atoms with Crippen LogP contribution in [0, 0.1) is 6.92 Å². The van der Waals surface area contributed by atoms with Gasteiger partial charge < -0.3 is 19.7 Å². The number of imidazole rings is 1. The summed E-state index contributed by atoms with van der Waals surface area (Å²) in [5, 5.41) is 0. The summed E-state index contributed by atoms with van der Waals surface area (Å²) in [5.74, 6) is 1.38. The lowest BCUT2D eigenvalue weighted by Crippen LogP contribution is -2.49. The van der Waals surface area contributed by atoms with Crippen molar-refractivity contribution < 1.29 is 4.79 Å². The molecule has 0 saturated carbocycles. The molecule has 3 aromatic rings. The first kappa shape index (κ1) is 17.1. The molecule has 1 aliphatic heterocycles. The molecule has 1 fully saturated rings. The number of carbonyl (C=O) groups excluding carboxylic acids is 1. The van der Waals surface area contributed by atoms with Crippen LogP contribution in [0.15, 0.2) is 18.9 Å². The van der Waals surface area contributed by atoms with E-state index in [1.54, 1.807) is 12.5 Å². The normalized spacial score (nSPS) is 14.6. The first-order valence-electron chi connectivity index (χ1n) is 8.74. The number of H-pyrrole nitrogens is 1.